The van der Waals surface area contributed by atoms with Crippen molar-refractivity contribution in [2.75, 3.05) is 0 Å². The molecular weight excluding hydrogens is 68.0 g/mol. The van der Waals surface area contributed by atoms with Crippen LogP contribution in [0.1, 0.15) is 1.37 Å². The highest BCUT2D eigenvalue weighted by Gasteiger charge is 1.74. The number of rotatable bonds is 0. The van der Waals surface area contributed by atoms with Gasteiger partial charge in [-0.2, -0.15) is 0 Å². The number of carbonyl (C=O) groups is 1. The lowest BCUT2D eigenvalue weighted by Crippen LogP contribution is -1.83. The average molecular weight is 71.1 g/mol. The molecule has 0 bridgehead atoms. The zero-order valence-corrected chi connectivity index (χ0v) is 2.36. The van der Waals surface area contributed by atoms with Gasteiger partial charge >= 0.3 is 5.97 Å². The van der Waals surface area contributed by atoms with E-state index in [4.69, 9.17) is 6.48 Å². The third kappa shape index (κ3) is 3.03. The van der Waals surface area contributed by atoms with Crippen LogP contribution in [0.15, 0.2) is 0 Å². The zero-order chi connectivity index (χ0) is 4.99. The van der Waals surface area contributed by atoms with Gasteiger partial charge in [0.05, 0.1) is 0 Å². The fourth-order valence-electron chi connectivity index (χ4n) is 0. The van der Waals surface area contributed by atoms with Gasteiger partial charge in [0.25, 0.3) is 0 Å². The van der Waals surface area contributed by atoms with E-state index in [2.05, 4.69) is 0 Å². The molecule has 5 heavy (non-hydrogen) atoms. The third-order valence-corrected chi connectivity index (χ3v) is 0.107. The number of terminal acetylenes is 1. The molecule has 0 amide bonds. The zero-order valence-electron chi connectivity index (χ0n) is 3.36. The number of hydrogen-bond acceptors (Lipinski definition) is 1. The first-order valence-electron chi connectivity index (χ1n) is 1.43. The van der Waals surface area contributed by atoms with E-state index in [-0.39, 0.29) is 0 Å². The third-order valence-electron chi connectivity index (χ3n) is 0.107. The van der Waals surface area contributed by atoms with Crippen LogP contribution in [0.5, 0.6) is 0 Å². The van der Waals surface area contributed by atoms with E-state index in [1.807, 2.05) is 0 Å². The molecule has 0 rings (SSSR count). The molecule has 0 saturated carbocycles. The Morgan fingerprint density at radius 3 is 3.00 bits per heavy atom. The lowest BCUT2D eigenvalue weighted by molar-refractivity contribution is -0.130. The van der Waals surface area contributed by atoms with Crippen molar-refractivity contribution in [3.8, 4) is 12.3 Å². The highest BCUT2D eigenvalue weighted by molar-refractivity contribution is 5.85. The molecule has 2 heteroatoms. The van der Waals surface area contributed by atoms with Crippen LogP contribution in [-0.4, -0.2) is 11.1 Å². The van der Waals surface area contributed by atoms with Gasteiger partial charge in [-0.15, -0.1) is 6.40 Å². The Hall–Kier alpha value is -0.970. The minimum absolute atomic E-state index is 1.26. The molecule has 2 nitrogen and oxygen atoms in total. The summed E-state index contributed by atoms with van der Waals surface area (Å²) in [7, 11) is 0. The van der Waals surface area contributed by atoms with E-state index >= 15 is 0 Å². The predicted octanol–water partition coefficient (Wildman–Crippen LogP) is -0.296. The Morgan fingerprint density at radius 2 is 3.00 bits per heavy atom. The molecule has 26 valence electrons. The molecule has 0 aromatic rings. The fraction of sp³-hybridized carbons (Fsp3) is 0. The van der Waals surface area contributed by atoms with Gasteiger partial charge in [-0.3, -0.25) is 0 Å². The molecule has 0 aromatic heterocycles. The van der Waals surface area contributed by atoms with Crippen LogP contribution in [0.2, 0.25) is 0 Å². The van der Waals surface area contributed by atoms with E-state index < -0.39 is 5.97 Å². The van der Waals surface area contributed by atoms with Crippen molar-refractivity contribution in [1.82, 2.24) is 0 Å². The van der Waals surface area contributed by atoms with Gasteiger partial charge in [-0.25, -0.2) is 4.79 Å². The lowest BCUT2D eigenvalue weighted by atomic mass is 10.7. The van der Waals surface area contributed by atoms with E-state index in [0.29, 0.717) is 0 Å². The van der Waals surface area contributed by atoms with Crippen LogP contribution in [0, 0.1) is 12.3 Å². The van der Waals surface area contributed by atoms with Gasteiger partial charge < -0.3 is 5.11 Å². The normalized spacial score (nSPS) is 6.80. The molecule has 0 aliphatic rings. The van der Waals surface area contributed by atoms with Crippen molar-refractivity contribution in [2.24, 2.45) is 0 Å². The summed E-state index contributed by atoms with van der Waals surface area (Å²) in [5, 5.41) is 7.62. The molecule has 0 heterocycles. The molecule has 0 aliphatic heterocycles. The average Bonchev–Trinajstić information content (AvgIpc) is 1.35. The summed E-state index contributed by atoms with van der Waals surface area (Å²) in [6.45, 7) is 0. The van der Waals surface area contributed by atoms with Gasteiger partial charge in [0.15, 0.2) is 0 Å². The smallest absolute Gasteiger partial charge is 0.381 e. The maximum absolute atomic E-state index is 9.31. The minimum atomic E-state index is -1.26. The van der Waals surface area contributed by atoms with E-state index in [9.17, 15) is 4.79 Å². The largest absolute Gasteiger partial charge is 0.472 e. The highest BCUT2D eigenvalue weighted by Crippen LogP contribution is 1.44. The van der Waals surface area contributed by atoms with Crippen molar-refractivity contribution in [3.05, 3.63) is 0 Å². The van der Waals surface area contributed by atoms with Crippen molar-refractivity contribution in [2.45, 2.75) is 0 Å². The number of hydrogen-bond donors (Lipinski definition) is 1. The van der Waals surface area contributed by atoms with Crippen molar-refractivity contribution in [3.63, 3.8) is 0 Å². The van der Waals surface area contributed by atoms with Gasteiger partial charge in [-0.05, 0) is 0 Å². The molecule has 0 unspecified atom stereocenters. The Labute approximate surface area is 30.8 Å². The maximum Gasteiger partial charge on any atom is 0.381 e. The summed E-state index contributed by atoms with van der Waals surface area (Å²) in [5.74, 6) is 0.282. The second kappa shape index (κ2) is 1.36. The monoisotopic (exact) mass is 71.0 g/mol. The summed E-state index contributed by atoms with van der Waals surface area (Å²) in [6.07, 6.45) is 1.47. The van der Waals surface area contributed by atoms with Crippen LogP contribution in [0.4, 0.5) is 0 Å². The topological polar surface area (TPSA) is 37.3 Å². The maximum atomic E-state index is 9.31. The number of carboxylic acids is 1. The SMILES string of the molecule is [2H]C#CC(=O)O. The van der Waals surface area contributed by atoms with Crippen molar-refractivity contribution >= 4 is 5.97 Å². The van der Waals surface area contributed by atoms with E-state index in [1.54, 1.807) is 5.92 Å². The molecule has 0 saturated heterocycles. The molecular formula is C3H2O2. The Balaban J connectivity index is 3.50. The van der Waals surface area contributed by atoms with E-state index in [1.165, 1.54) is 6.40 Å². The van der Waals surface area contributed by atoms with Crippen LogP contribution in [0.25, 0.3) is 0 Å². The molecule has 0 fully saturated rings. The highest BCUT2D eigenvalue weighted by atomic mass is 16.4. The Morgan fingerprint density at radius 1 is 2.40 bits per heavy atom. The summed E-state index contributed by atoms with van der Waals surface area (Å²) in [4.78, 5) is 9.31. The van der Waals surface area contributed by atoms with Crippen molar-refractivity contribution < 1.29 is 11.3 Å². The quantitative estimate of drug-likeness (QED) is 0.398. The summed E-state index contributed by atoms with van der Waals surface area (Å²) < 4.78 is 5.99. The first-order chi connectivity index (χ1) is 2.77. The second-order valence-electron chi connectivity index (χ2n) is 0.430. The van der Waals surface area contributed by atoms with Crippen molar-refractivity contribution in [1.29, 1.82) is 0 Å². The molecule has 0 aromatic carbocycles. The first kappa shape index (κ1) is 2.28. The van der Waals surface area contributed by atoms with Crippen LogP contribution in [0.3, 0.4) is 0 Å². The fourth-order valence-corrected chi connectivity index (χ4v) is 0. The lowest BCUT2D eigenvalue weighted by Gasteiger charge is -1.60. The van der Waals surface area contributed by atoms with Crippen LogP contribution >= 0.6 is 0 Å². The standard InChI is InChI=1S/C3H2O2/c1-2-3(4)5/h1H,(H,4,5)/i1D. The van der Waals surface area contributed by atoms with Gasteiger partial charge in [0.2, 0.25) is 0 Å². The molecule has 0 atom stereocenters. The molecule has 1 N–H and O–H groups in total. The van der Waals surface area contributed by atoms with Gasteiger partial charge in [0.1, 0.15) is 1.37 Å². The van der Waals surface area contributed by atoms with Crippen LogP contribution in [-0.2, 0) is 4.79 Å². The van der Waals surface area contributed by atoms with Gasteiger partial charge in [-0.1, -0.05) is 0 Å². The predicted molar refractivity (Wildman–Crippen MR) is 16.5 cm³/mol. The molecule has 0 radical (unpaired) electrons. The van der Waals surface area contributed by atoms with Crippen LogP contribution < -0.4 is 0 Å². The van der Waals surface area contributed by atoms with E-state index in [0.717, 1.165) is 0 Å². The first-order valence-corrected chi connectivity index (χ1v) is 0.928. The minimum Gasteiger partial charge on any atom is -0.472 e. The summed E-state index contributed by atoms with van der Waals surface area (Å²) in [5.41, 5.74) is 0. The Bertz CT molecular complexity index is 108. The number of carboxylic acid groups (broad SMARTS) is 1. The summed E-state index contributed by atoms with van der Waals surface area (Å²) in [6, 6.07) is 0. The molecule has 0 spiro atoms. The number of aliphatic carboxylic acids is 1. The Kier molecular flexibility index (Phi) is 0.620. The second-order valence-corrected chi connectivity index (χ2v) is 0.430. The van der Waals surface area contributed by atoms with Gasteiger partial charge in [0, 0.05) is 5.92 Å². The summed E-state index contributed by atoms with van der Waals surface area (Å²) >= 11 is 0. The molecule has 0 aliphatic carbocycles.